The Morgan fingerprint density at radius 1 is 1.35 bits per heavy atom. The highest BCUT2D eigenvalue weighted by atomic mass is 16.5. The normalized spacial score (nSPS) is 26.6. The van der Waals surface area contributed by atoms with Crippen molar-refractivity contribution in [1.29, 1.82) is 0 Å². The van der Waals surface area contributed by atoms with Gasteiger partial charge in [-0.1, -0.05) is 20.8 Å². The third-order valence-electron chi connectivity index (χ3n) is 4.12. The second-order valence-corrected chi connectivity index (χ2v) is 5.31. The zero-order chi connectivity index (χ0) is 12.7. The van der Waals surface area contributed by atoms with Gasteiger partial charge in [0.25, 0.3) is 0 Å². The van der Waals surface area contributed by atoms with Crippen molar-refractivity contribution in [2.24, 2.45) is 5.92 Å². The van der Waals surface area contributed by atoms with Crippen LogP contribution < -0.4 is 5.32 Å². The average Bonchev–Trinajstić information content (AvgIpc) is 2.36. The first-order valence-corrected chi connectivity index (χ1v) is 7.19. The molecule has 0 aromatic carbocycles. The molecule has 0 spiro atoms. The average molecular weight is 242 g/mol. The minimum Gasteiger partial charge on any atom is -0.380 e. The lowest BCUT2D eigenvalue weighted by atomic mass is 9.96. The van der Waals surface area contributed by atoms with Gasteiger partial charge in [-0.3, -0.25) is 4.90 Å². The van der Waals surface area contributed by atoms with Gasteiger partial charge in [0.1, 0.15) is 0 Å². The van der Waals surface area contributed by atoms with E-state index in [9.17, 15) is 0 Å². The molecule has 3 heteroatoms. The van der Waals surface area contributed by atoms with E-state index in [4.69, 9.17) is 4.74 Å². The van der Waals surface area contributed by atoms with Gasteiger partial charge in [-0.2, -0.15) is 0 Å². The summed E-state index contributed by atoms with van der Waals surface area (Å²) in [5, 5.41) is 3.63. The van der Waals surface area contributed by atoms with Gasteiger partial charge in [0.15, 0.2) is 0 Å². The molecule has 1 aliphatic heterocycles. The van der Waals surface area contributed by atoms with Gasteiger partial charge in [0.05, 0.1) is 6.10 Å². The molecular weight excluding hydrogens is 212 g/mol. The maximum absolute atomic E-state index is 5.54. The van der Waals surface area contributed by atoms with E-state index >= 15 is 0 Å². The molecule has 3 nitrogen and oxygen atoms in total. The zero-order valence-electron chi connectivity index (χ0n) is 12.0. The van der Waals surface area contributed by atoms with Crippen LogP contribution in [0.2, 0.25) is 0 Å². The van der Waals surface area contributed by atoms with Crippen LogP contribution in [-0.2, 0) is 4.74 Å². The molecule has 0 bridgehead atoms. The van der Waals surface area contributed by atoms with Gasteiger partial charge in [-0.05, 0) is 31.7 Å². The molecule has 2 atom stereocenters. The Labute approximate surface area is 107 Å². The number of nitrogens with zero attached hydrogens (tertiary/aromatic N) is 1. The fourth-order valence-corrected chi connectivity index (χ4v) is 2.61. The summed E-state index contributed by atoms with van der Waals surface area (Å²) in [5.41, 5.74) is 0. The number of methoxy groups -OCH3 is 1. The molecule has 0 saturated carbocycles. The molecule has 0 amide bonds. The van der Waals surface area contributed by atoms with Crippen molar-refractivity contribution in [3.63, 3.8) is 0 Å². The Hall–Kier alpha value is -0.120. The molecule has 102 valence electrons. The van der Waals surface area contributed by atoms with Crippen molar-refractivity contribution in [3.8, 4) is 0 Å². The summed E-state index contributed by atoms with van der Waals surface area (Å²) in [6.07, 6.45) is 4.16. The van der Waals surface area contributed by atoms with Crippen molar-refractivity contribution in [3.05, 3.63) is 0 Å². The van der Waals surface area contributed by atoms with Crippen LogP contribution >= 0.6 is 0 Å². The molecule has 1 aliphatic rings. The maximum Gasteiger partial charge on any atom is 0.0724 e. The predicted octanol–water partition coefficient (Wildman–Crippen LogP) is 2.12. The summed E-state index contributed by atoms with van der Waals surface area (Å²) in [4.78, 5) is 2.53. The molecule has 1 saturated heterocycles. The number of piperidine rings is 1. The molecule has 1 heterocycles. The largest absolute Gasteiger partial charge is 0.380 e. The molecule has 1 rings (SSSR count). The van der Waals surface area contributed by atoms with Crippen molar-refractivity contribution in [2.45, 2.75) is 52.2 Å². The van der Waals surface area contributed by atoms with Crippen molar-refractivity contribution < 1.29 is 4.74 Å². The van der Waals surface area contributed by atoms with Crippen molar-refractivity contribution in [1.82, 2.24) is 10.2 Å². The van der Waals surface area contributed by atoms with E-state index < -0.39 is 0 Å². The zero-order valence-corrected chi connectivity index (χ0v) is 12.0. The topological polar surface area (TPSA) is 24.5 Å². The van der Waals surface area contributed by atoms with Crippen molar-refractivity contribution >= 4 is 0 Å². The number of hydrogen-bond acceptors (Lipinski definition) is 3. The lowest BCUT2D eigenvalue weighted by Gasteiger charge is -2.36. The van der Waals surface area contributed by atoms with Gasteiger partial charge in [0.2, 0.25) is 0 Å². The van der Waals surface area contributed by atoms with Crippen LogP contribution in [0.5, 0.6) is 0 Å². The minimum absolute atomic E-state index is 0.428. The Kier molecular flexibility index (Phi) is 7.09. The number of nitrogens with one attached hydrogen (secondary N) is 1. The Balaban J connectivity index is 2.19. The maximum atomic E-state index is 5.54. The smallest absolute Gasteiger partial charge is 0.0724 e. The summed E-state index contributed by atoms with van der Waals surface area (Å²) in [6, 6.07) is 0.692. The molecule has 1 N–H and O–H groups in total. The summed E-state index contributed by atoms with van der Waals surface area (Å²) < 4.78 is 5.54. The predicted molar refractivity (Wildman–Crippen MR) is 73.4 cm³/mol. The second kappa shape index (κ2) is 8.06. The van der Waals surface area contributed by atoms with E-state index in [2.05, 4.69) is 31.0 Å². The van der Waals surface area contributed by atoms with Crippen LogP contribution in [0, 0.1) is 5.92 Å². The monoisotopic (exact) mass is 242 g/mol. The third kappa shape index (κ3) is 4.94. The first kappa shape index (κ1) is 14.9. The van der Waals surface area contributed by atoms with Crippen molar-refractivity contribution in [2.75, 3.05) is 33.3 Å². The highest BCUT2D eigenvalue weighted by molar-refractivity contribution is 4.79. The number of ether oxygens (including phenoxy) is 1. The molecule has 0 aromatic heterocycles. The number of hydrogen-bond donors (Lipinski definition) is 1. The summed E-state index contributed by atoms with van der Waals surface area (Å²) in [6.45, 7) is 11.4. The Morgan fingerprint density at radius 3 is 2.65 bits per heavy atom. The van der Waals surface area contributed by atoms with Gasteiger partial charge in [0, 0.05) is 32.8 Å². The van der Waals surface area contributed by atoms with E-state index in [1.807, 2.05) is 7.11 Å². The molecule has 0 radical (unpaired) electrons. The minimum atomic E-state index is 0.428. The lowest BCUT2D eigenvalue weighted by molar-refractivity contribution is -0.00459. The fourth-order valence-electron chi connectivity index (χ4n) is 2.61. The standard InChI is InChI=1S/C14H30N2O/c1-5-13(6-2)15-8-10-16-9-7-12(3)14(11-16)17-4/h12-15H,5-11H2,1-4H3. The number of likely N-dealkylation sites (tertiary alicyclic amines) is 1. The first-order chi connectivity index (χ1) is 8.21. The van der Waals surface area contributed by atoms with Crippen LogP contribution in [0.15, 0.2) is 0 Å². The van der Waals surface area contributed by atoms with Gasteiger partial charge < -0.3 is 10.1 Å². The molecule has 0 aliphatic carbocycles. The quantitative estimate of drug-likeness (QED) is 0.740. The van der Waals surface area contributed by atoms with E-state index in [0.29, 0.717) is 18.1 Å². The highest BCUT2D eigenvalue weighted by Gasteiger charge is 2.25. The SMILES string of the molecule is CCC(CC)NCCN1CCC(C)C(OC)C1. The fraction of sp³-hybridized carbons (Fsp3) is 1.00. The van der Waals surface area contributed by atoms with Gasteiger partial charge in [-0.25, -0.2) is 0 Å². The summed E-state index contributed by atoms with van der Waals surface area (Å²) >= 11 is 0. The highest BCUT2D eigenvalue weighted by Crippen LogP contribution is 2.18. The van der Waals surface area contributed by atoms with E-state index in [-0.39, 0.29) is 0 Å². The Morgan fingerprint density at radius 2 is 2.06 bits per heavy atom. The molecule has 0 aromatic rings. The van der Waals surface area contributed by atoms with Crippen LogP contribution in [0.3, 0.4) is 0 Å². The van der Waals surface area contributed by atoms with E-state index in [1.165, 1.54) is 25.8 Å². The Bertz CT molecular complexity index is 195. The molecule has 1 fully saturated rings. The molecular formula is C14H30N2O. The van der Waals surface area contributed by atoms with E-state index in [1.54, 1.807) is 0 Å². The van der Waals surface area contributed by atoms with Crippen LogP contribution in [0.25, 0.3) is 0 Å². The van der Waals surface area contributed by atoms with E-state index in [0.717, 1.165) is 19.6 Å². The summed E-state index contributed by atoms with van der Waals surface area (Å²) in [5.74, 6) is 0.711. The van der Waals surface area contributed by atoms with Crippen LogP contribution in [0.4, 0.5) is 0 Å². The third-order valence-corrected chi connectivity index (χ3v) is 4.12. The molecule has 17 heavy (non-hydrogen) atoms. The first-order valence-electron chi connectivity index (χ1n) is 7.19. The lowest BCUT2D eigenvalue weighted by Crippen LogP contribution is -2.46. The van der Waals surface area contributed by atoms with Crippen LogP contribution in [-0.4, -0.2) is 50.3 Å². The summed E-state index contributed by atoms with van der Waals surface area (Å²) in [7, 11) is 1.84. The van der Waals surface area contributed by atoms with Gasteiger partial charge >= 0.3 is 0 Å². The molecule has 2 unspecified atom stereocenters. The number of rotatable bonds is 7. The van der Waals surface area contributed by atoms with Gasteiger partial charge in [-0.15, -0.1) is 0 Å². The van der Waals surface area contributed by atoms with Crippen LogP contribution in [0.1, 0.15) is 40.0 Å². The second-order valence-electron chi connectivity index (χ2n) is 5.31.